The van der Waals surface area contributed by atoms with Crippen LogP contribution in [0.15, 0.2) is 12.1 Å². The summed E-state index contributed by atoms with van der Waals surface area (Å²) in [6.45, 7) is 1.28. The third-order valence-corrected chi connectivity index (χ3v) is 2.20. The lowest BCUT2D eigenvalue weighted by Gasteiger charge is -2.21. The molecule has 1 aromatic carbocycles. The van der Waals surface area contributed by atoms with Crippen LogP contribution in [0.4, 0.5) is 22.0 Å². The van der Waals surface area contributed by atoms with Gasteiger partial charge in [0.15, 0.2) is 0 Å². The van der Waals surface area contributed by atoms with Gasteiger partial charge in [-0.1, -0.05) is 0 Å². The van der Waals surface area contributed by atoms with Crippen molar-refractivity contribution in [2.45, 2.75) is 19.1 Å². The smallest absolute Gasteiger partial charge is 0.305 e. The van der Waals surface area contributed by atoms with Crippen molar-refractivity contribution in [1.82, 2.24) is 5.32 Å². The van der Waals surface area contributed by atoms with Crippen molar-refractivity contribution in [3.63, 3.8) is 0 Å². The van der Waals surface area contributed by atoms with Crippen LogP contribution in [-0.2, 0) is 0 Å². The molecule has 1 atom stereocenters. The topological polar surface area (TPSA) is 12.0 Å². The molecule has 0 aliphatic rings. The minimum absolute atomic E-state index is 0.0269. The fraction of sp³-hybridized carbons (Fsp3) is 0.400. The van der Waals surface area contributed by atoms with E-state index in [1.165, 1.54) is 6.92 Å². The third-order valence-electron chi connectivity index (χ3n) is 2.20. The minimum atomic E-state index is -4.63. The van der Waals surface area contributed by atoms with Crippen molar-refractivity contribution in [3.05, 3.63) is 34.9 Å². The molecule has 0 fully saturated rings. The lowest BCUT2D eigenvalue weighted by Crippen LogP contribution is -2.32. The fourth-order valence-corrected chi connectivity index (χ4v) is 1.40. The molecule has 1 unspecified atom stereocenters. The lowest BCUT2D eigenvalue weighted by atomic mass is 10.0. The zero-order valence-electron chi connectivity index (χ0n) is 8.62. The van der Waals surface area contributed by atoms with E-state index in [9.17, 15) is 22.0 Å². The maximum absolute atomic E-state index is 13.2. The maximum Gasteiger partial charge on any atom is 0.408 e. The summed E-state index contributed by atoms with van der Waals surface area (Å²) >= 11 is 0. The molecule has 1 aromatic rings. The van der Waals surface area contributed by atoms with Gasteiger partial charge in [0, 0.05) is 11.6 Å². The number of hydrogen-bond acceptors (Lipinski definition) is 1. The molecule has 1 nitrogen and oxygen atoms in total. The van der Waals surface area contributed by atoms with E-state index in [2.05, 4.69) is 0 Å². The Bertz CT molecular complexity index is 386. The van der Waals surface area contributed by atoms with Gasteiger partial charge in [0.1, 0.15) is 17.7 Å². The molecule has 1 N–H and O–H groups in total. The van der Waals surface area contributed by atoms with Gasteiger partial charge < -0.3 is 5.32 Å². The summed E-state index contributed by atoms with van der Waals surface area (Å²) < 4.78 is 63.6. The van der Waals surface area contributed by atoms with Gasteiger partial charge in [-0.15, -0.1) is 0 Å². The highest BCUT2D eigenvalue weighted by molar-refractivity contribution is 5.29. The van der Waals surface area contributed by atoms with Crippen molar-refractivity contribution < 1.29 is 22.0 Å². The number of hydrogen-bond donors (Lipinski definition) is 1. The minimum Gasteiger partial charge on any atom is -0.305 e. The van der Waals surface area contributed by atoms with E-state index in [1.807, 2.05) is 5.32 Å². The van der Waals surface area contributed by atoms with Crippen molar-refractivity contribution in [3.8, 4) is 0 Å². The highest BCUT2D eigenvalue weighted by Crippen LogP contribution is 2.34. The Kier molecular flexibility index (Phi) is 3.52. The van der Waals surface area contributed by atoms with Crippen LogP contribution in [0.5, 0.6) is 0 Å². The Hall–Kier alpha value is -1.17. The number of aryl methyl sites for hydroxylation is 1. The quantitative estimate of drug-likeness (QED) is 0.782. The van der Waals surface area contributed by atoms with Crippen LogP contribution in [-0.4, -0.2) is 13.2 Å². The average molecular weight is 239 g/mol. The highest BCUT2D eigenvalue weighted by Gasteiger charge is 2.41. The molecule has 6 heteroatoms. The Labute approximate surface area is 89.3 Å². The van der Waals surface area contributed by atoms with Gasteiger partial charge in [0.2, 0.25) is 0 Å². The first-order valence-electron chi connectivity index (χ1n) is 4.47. The molecule has 0 radical (unpaired) electrons. The Morgan fingerprint density at radius 2 is 1.69 bits per heavy atom. The first kappa shape index (κ1) is 12.9. The number of alkyl halides is 3. The van der Waals surface area contributed by atoms with E-state index in [0.717, 1.165) is 13.1 Å². The molecule has 16 heavy (non-hydrogen) atoms. The summed E-state index contributed by atoms with van der Waals surface area (Å²) in [4.78, 5) is 0. The summed E-state index contributed by atoms with van der Waals surface area (Å²) in [5.41, 5.74) is -0.630. The third kappa shape index (κ3) is 2.49. The molecule has 0 aliphatic heterocycles. The molecule has 0 amide bonds. The molecule has 0 aliphatic carbocycles. The van der Waals surface area contributed by atoms with E-state index in [0.29, 0.717) is 6.07 Å². The average Bonchev–Trinajstić information content (AvgIpc) is 2.12. The Morgan fingerprint density at radius 3 is 2.12 bits per heavy atom. The molecular formula is C10H10F5N. The predicted molar refractivity (Wildman–Crippen MR) is 49.0 cm³/mol. The molecule has 1 rings (SSSR count). The van der Waals surface area contributed by atoms with Crippen molar-refractivity contribution >= 4 is 0 Å². The summed E-state index contributed by atoms with van der Waals surface area (Å²) in [6.07, 6.45) is -4.63. The molecule has 0 aromatic heterocycles. The lowest BCUT2D eigenvalue weighted by molar-refractivity contribution is -0.157. The summed E-state index contributed by atoms with van der Waals surface area (Å²) in [5, 5.41) is 1.96. The Morgan fingerprint density at radius 1 is 1.12 bits per heavy atom. The van der Waals surface area contributed by atoms with Crippen molar-refractivity contribution in [1.29, 1.82) is 0 Å². The van der Waals surface area contributed by atoms with Gasteiger partial charge in [0.05, 0.1) is 0 Å². The predicted octanol–water partition coefficient (Wildman–Crippen LogP) is 3.10. The van der Waals surface area contributed by atoms with Gasteiger partial charge in [-0.3, -0.25) is 0 Å². The van der Waals surface area contributed by atoms with E-state index >= 15 is 0 Å². The molecule has 0 spiro atoms. The standard InChI is InChI=1S/C10H10F5N/c1-5-3-6(8(12)4-7(5)11)9(16-2)10(13,14)15/h3-4,9,16H,1-2H3. The van der Waals surface area contributed by atoms with Gasteiger partial charge in [-0.25, -0.2) is 8.78 Å². The zero-order valence-corrected chi connectivity index (χ0v) is 8.62. The summed E-state index contributed by atoms with van der Waals surface area (Å²) in [7, 11) is 1.07. The second-order valence-electron chi connectivity index (χ2n) is 3.39. The number of halogens is 5. The SMILES string of the molecule is CNC(c1cc(C)c(F)cc1F)C(F)(F)F. The monoisotopic (exact) mass is 239 g/mol. The number of nitrogens with one attached hydrogen (secondary N) is 1. The number of benzene rings is 1. The van der Waals surface area contributed by atoms with E-state index < -0.39 is 29.4 Å². The van der Waals surface area contributed by atoms with Crippen LogP contribution in [0.3, 0.4) is 0 Å². The zero-order chi connectivity index (χ0) is 12.5. The van der Waals surface area contributed by atoms with Crippen LogP contribution in [0.1, 0.15) is 17.2 Å². The highest BCUT2D eigenvalue weighted by atomic mass is 19.4. The second kappa shape index (κ2) is 4.37. The first-order chi connectivity index (χ1) is 7.27. The van der Waals surface area contributed by atoms with E-state index in [-0.39, 0.29) is 5.56 Å². The van der Waals surface area contributed by atoms with Crippen LogP contribution in [0.25, 0.3) is 0 Å². The molecular weight excluding hydrogens is 229 g/mol. The van der Waals surface area contributed by atoms with Crippen molar-refractivity contribution in [2.75, 3.05) is 7.05 Å². The van der Waals surface area contributed by atoms with Crippen LogP contribution >= 0.6 is 0 Å². The van der Waals surface area contributed by atoms with Crippen LogP contribution < -0.4 is 5.32 Å². The van der Waals surface area contributed by atoms with Gasteiger partial charge >= 0.3 is 6.18 Å². The maximum atomic E-state index is 13.2. The van der Waals surface area contributed by atoms with Crippen LogP contribution in [0.2, 0.25) is 0 Å². The van der Waals surface area contributed by atoms with E-state index in [1.54, 1.807) is 0 Å². The molecule has 0 saturated carbocycles. The van der Waals surface area contributed by atoms with E-state index in [4.69, 9.17) is 0 Å². The van der Waals surface area contributed by atoms with Gasteiger partial charge in [-0.05, 0) is 25.6 Å². The summed E-state index contributed by atoms with van der Waals surface area (Å²) in [5.74, 6) is -2.07. The van der Waals surface area contributed by atoms with Gasteiger partial charge in [0.25, 0.3) is 0 Å². The molecule has 0 saturated heterocycles. The van der Waals surface area contributed by atoms with Crippen molar-refractivity contribution in [2.24, 2.45) is 0 Å². The summed E-state index contributed by atoms with van der Waals surface area (Å²) in [6, 6.07) is -0.813. The van der Waals surface area contributed by atoms with Crippen LogP contribution in [0, 0.1) is 18.6 Å². The van der Waals surface area contributed by atoms with Gasteiger partial charge in [-0.2, -0.15) is 13.2 Å². The fourth-order valence-electron chi connectivity index (χ4n) is 1.40. The molecule has 0 heterocycles. The second-order valence-corrected chi connectivity index (χ2v) is 3.39. The number of rotatable bonds is 2. The largest absolute Gasteiger partial charge is 0.408 e. The normalized spacial score (nSPS) is 13.9. The first-order valence-corrected chi connectivity index (χ1v) is 4.47. The molecule has 0 bridgehead atoms. The Balaban J connectivity index is 3.26. The molecule has 90 valence electrons.